The molecule has 13 rings (SSSR count). The van der Waals surface area contributed by atoms with E-state index in [1.54, 1.807) is 0 Å². The summed E-state index contributed by atoms with van der Waals surface area (Å²) in [6.45, 7) is 0. The third kappa shape index (κ3) is 4.55. The van der Waals surface area contributed by atoms with Crippen LogP contribution in [0.25, 0.3) is 126 Å². The van der Waals surface area contributed by atoms with E-state index in [-0.39, 0.29) is 0 Å². The van der Waals surface area contributed by atoms with Crippen molar-refractivity contribution in [2.45, 2.75) is 0 Å². The SMILES string of the molecule is c1ccc2cc(-c3nc4ccc5ccccc5c4nc3-c3ccc4c(c3)c3ccccc3c3nc5cc(-c6ccc7oc8ccccc8c7c6)ccn5c43)ccc2c1. The van der Waals surface area contributed by atoms with Gasteiger partial charge in [0, 0.05) is 44.3 Å². The molecule has 13 aromatic rings. The van der Waals surface area contributed by atoms with Crippen LogP contribution in [0.15, 0.2) is 187 Å². The van der Waals surface area contributed by atoms with Gasteiger partial charge in [-0.1, -0.05) is 127 Å². The Morgan fingerprint density at radius 3 is 1.93 bits per heavy atom. The summed E-state index contributed by atoms with van der Waals surface area (Å²) < 4.78 is 8.37. The van der Waals surface area contributed by atoms with Crippen molar-refractivity contribution >= 4 is 92.7 Å². The number of aromatic nitrogens is 4. The van der Waals surface area contributed by atoms with Crippen LogP contribution < -0.4 is 0 Å². The average Bonchev–Trinajstić information content (AvgIpc) is 3.87. The molecule has 0 unspecified atom stereocenters. The monoisotopic (exact) mass is 738 g/mol. The highest BCUT2D eigenvalue weighted by molar-refractivity contribution is 6.24. The average molecular weight is 739 g/mol. The molecule has 268 valence electrons. The summed E-state index contributed by atoms with van der Waals surface area (Å²) >= 11 is 0. The molecule has 0 bridgehead atoms. The molecular weight excluding hydrogens is 709 g/mol. The van der Waals surface area contributed by atoms with Gasteiger partial charge in [0.25, 0.3) is 0 Å². The second-order valence-electron chi connectivity index (χ2n) is 15.2. The maximum absolute atomic E-state index is 6.13. The first-order valence-electron chi connectivity index (χ1n) is 19.6. The van der Waals surface area contributed by atoms with E-state index >= 15 is 0 Å². The Morgan fingerprint density at radius 1 is 0.362 bits per heavy atom. The van der Waals surface area contributed by atoms with Crippen LogP contribution in [0, 0.1) is 0 Å². The van der Waals surface area contributed by atoms with Crippen molar-refractivity contribution in [3.8, 4) is 33.6 Å². The van der Waals surface area contributed by atoms with Gasteiger partial charge in [0.15, 0.2) is 0 Å². The van der Waals surface area contributed by atoms with Crippen molar-refractivity contribution in [1.82, 2.24) is 19.4 Å². The highest BCUT2D eigenvalue weighted by Crippen LogP contribution is 2.41. The number of hydrogen-bond acceptors (Lipinski definition) is 4. The first-order valence-corrected chi connectivity index (χ1v) is 19.6. The Morgan fingerprint density at radius 2 is 1.02 bits per heavy atom. The van der Waals surface area contributed by atoms with Gasteiger partial charge in [0.05, 0.1) is 33.5 Å². The van der Waals surface area contributed by atoms with Crippen LogP contribution in [0.3, 0.4) is 0 Å². The van der Waals surface area contributed by atoms with Gasteiger partial charge in [0.1, 0.15) is 16.8 Å². The number of imidazole rings is 1. The molecule has 0 N–H and O–H groups in total. The van der Waals surface area contributed by atoms with E-state index in [0.29, 0.717) is 0 Å². The molecule has 9 aromatic carbocycles. The summed E-state index contributed by atoms with van der Waals surface area (Å²) in [5, 5.41) is 11.4. The van der Waals surface area contributed by atoms with Crippen molar-refractivity contribution < 1.29 is 4.42 Å². The molecule has 4 aromatic heterocycles. The molecule has 0 atom stereocenters. The molecule has 5 heteroatoms. The van der Waals surface area contributed by atoms with E-state index in [2.05, 4.69) is 174 Å². The van der Waals surface area contributed by atoms with Gasteiger partial charge in [0.2, 0.25) is 0 Å². The minimum Gasteiger partial charge on any atom is -0.456 e. The van der Waals surface area contributed by atoms with E-state index in [1.165, 1.54) is 10.8 Å². The lowest BCUT2D eigenvalue weighted by Gasteiger charge is -2.14. The third-order valence-corrected chi connectivity index (χ3v) is 11.9. The fourth-order valence-corrected chi connectivity index (χ4v) is 9.15. The normalized spacial score (nSPS) is 12.1. The molecular formula is C53H30N4O. The summed E-state index contributed by atoms with van der Waals surface area (Å²) in [5.74, 6) is 0. The summed E-state index contributed by atoms with van der Waals surface area (Å²) in [6, 6.07) is 62.2. The maximum atomic E-state index is 6.13. The lowest BCUT2D eigenvalue weighted by molar-refractivity contribution is 0.669. The van der Waals surface area contributed by atoms with Gasteiger partial charge < -0.3 is 4.42 Å². The summed E-state index contributed by atoms with van der Waals surface area (Å²) in [5.41, 5.74) is 12.5. The van der Waals surface area contributed by atoms with Gasteiger partial charge in [-0.2, -0.15) is 0 Å². The fourth-order valence-electron chi connectivity index (χ4n) is 9.15. The van der Waals surface area contributed by atoms with Crippen LogP contribution in [-0.4, -0.2) is 19.4 Å². The van der Waals surface area contributed by atoms with Crippen LogP contribution in [0.4, 0.5) is 0 Å². The standard InChI is InChI=1S/C53H30N4O/c1-2-11-33-27-36(18-17-31(33)9-1)49-50(56-51-38-12-4-3-10-32(38)20-23-45(51)54-49)37-19-22-42-43(29-37)39-13-5-6-15-41(39)52-53(42)57-26-25-35(30-48(57)55-52)34-21-24-47-44(28-34)40-14-7-8-16-46(40)58-47/h1-30H. The Hall–Kier alpha value is -7.89. The van der Waals surface area contributed by atoms with Crippen molar-refractivity contribution in [2.75, 3.05) is 0 Å². The zero-order valence-corrected chi connectivity index (χ0v) is 31.0. The van der Waals surface area contributed by atoms with Crippen LogP contribution in [-0.2, 0) is 0 Å². The Bertz CT molecular complexity index is 3880. The van der Waals surface area contributed by atoms with Crippen LogP contribution in [0.5, 0.6) is 0 Å². The number of hydrogen-bond donors (Lipinski definition) is 0. The van der Waals surface area contributed by atoms with E-state index < -0.39 is 0 Å². The molecule has 0 aliphatic carbocycles. The zero-order valence-electron chi connectivity index (χ0n) is 31.0. The maximum Gasteiger partial charge on any atom is 0.138 e. The predicted molar refractivity (Wildman–Crippen MR) is 239 cm³/mol. The van der Waals surface area contributed by atoms with E-state index in [1.807, 2.05) is 12.1 Å². The predicted octanol–water partition coefficient (Wildman–Crippen LogP) is 13.9. The van der Waals surface area contributed by atoms with Gasteiger partial charge >= 0.3 is 0 Å². The summed E-state index contributed by atoms with van der Waals surface area (Å²) in [4.78, 5) is 16.2. The smallest absolute Gasteiger partial charge is 0.138 e. The molecule has 0 saturated carbocycles. The summed E-state index contributed by atoms with van der Waals surface area (Å²) in [6.07, 6.45) is 2.16. The molecule has 0 amide bonds. The number of nitrogens with zero attached hydrogens (tertiary/aromatic N) is 4. The van der Waals surface area contributed by atoms with E-state index in [0.717, 1.165) is 116 Å². The molecule has 58 heavy (non-hydrogen) atoms. The third-order valence-electron chi connectivity index (χ3n) is 11.9. The first-order chi connectivity index (χ1) is 28.7. The van der Waals surface area contributed by atoms with Gasteiger partial charge in [-0.15, -0.1) is 0 Å². The van der Waals surface area contributed by atoms with Crippen LogP contribution in [0.1, 0.15) is 0 Å². The Balaban J connectivity index is 1.04. The summed E-state index contributed by atoms with van der Waals surface area (Å²) in [7, 11) is 0. The molecule has 0 aliphatic rings. The zero-order chi connectivity index (χ0) is 37.9. The number of rotatable bonds is 3. The first kappa shape index (κ1) is 31.3. The quantitative estimate of drug-likeness (QED) is 0.169. The number of furan rings is 1. The number of pyridine rings is 1. The number of para-hydroxylation sites is 1. The second kappa shape index (κ2) is 11.8. The van der Waals surface area contributed by atoms with Crippen LogP contribution >= 0.6 is 0 Å². The lowest BCUT2D eigenvalue weighted by Crippen LogP contribution is -1.97. The number of fused-ring (bicyclic) bond motifs is 15. The molecule has 0 aliphatic heterocycles. The molecule has 0 spiro atoms. The minimum absolute atomic E-state index is 0.857. The van der Waals surface area contributed by atoms with Gasteiger partial charge in [-0.05, 0) is 86.6 Å². The molecule has 0 radical (unpaired) electrons. The number of benzene rings is 9. The van der Waals surface area contributed by atoms with Crippen LogP contribution in [0.2, 0.25) is 0 Å². The Labute approximate surface area is 331 Å². The highest BCUT2D eigenvalue weighted by atomic mass is 16.3. The van der Waals surface area contributed by atoms with Crippen molar-refractivity contribution in [1.29, 1.82) is 0 Å². The second-order valence-corrected chi connectivity index (χ2v) is 15.2. The lowest BCUT2D eigenvalue weighted by atomic mass is 9.95. The fraction of sp³-hybridized carbons (Fsp3) is 0. The molecule has 5 nitrogen and oxygen atoms in total. The largest absolute Gasteiger partial charge is 0.456 e. The molecule has 0 saturated heterocycles. The topological polar surface area (TPSA) is 56.2 Å². The molecule has 4 heterocycles. The highest BCUT2D eigenvalue weighted by Gasteiger charge is 2.20. The van der Waals surface area contributed by atoms with Gasteiger partial charge in [-0.3, -0.25) is 4.40 Å². The molecule has 0 fully saturated rings. The van der Waals surface area contributed by atoms with E-state index in [4.69, 9.17) is 19.4 Å². The minimum atomic E-state index is 0.857. The van der Waals surface area contributed by atoms with Gasteiger partial charge in [-0.25, -0.2) is 15.0 Å². The van der Waals surface area contributed by atoms with Crippen molar-refractivity contribution in [3.05, 3.63) is 182 Å². The Kier molecular flexibility index (Phi) is 6.38. The van der Waals surface area contributed by atoms with E-state index in [9.17, 15) is 0 Å². The van der Waals surface area contributed by atoms with Crippen molar-refractivity contribution in [3.63, 3.8) is 0 Å². The van der Waals surface area contributed by atoms with Crippen molar-refractivity contribution in [2.24, 2.45) is 0 Å².